The molecule has 0 amide bonds. The fraction of sp³-hybridized carbons (Fsp3) is 0.615. The van der Waals surface area contributed by atoms with Gasteiger partial charge < -0.3 is 11.1 Å². The van der Waals surface area contributed by atoms with Crippen molar-refractivity contribution in [1.29, 1.82) is 0 Å². The summed E-state index contributed by atoms with van der Waals surface area (Å²) in [6.45, 7) is 0. The van der Waals surface area contributed by atoms with Crippen molar-refractivity contribution in [2.75, 3.05) is 18.5 Å². The van der Waals surface area contributed by atoms with E-state index in [1.807, 2.05) is 24.9 Å². The SMILES string of the molecule is CNC(CSC1CCCC1)c1cc(Cl)cnc1N. The third kappa shape index (κ3) is 3.53. The van der Waals surface area contributed by atoms with E-state index in [2.05, 4.69) is 10.3 Å². The second-order valence-electron chi connectivity index (χ2n) is 4.71. The predicted octanol–water partition coefficient (Wildman–Crippen LogP) is 3.25. The Bertz CT molecular complexity index is 394. The van der Waals surface area contributed by atoms with E-state index in [9.17, 15) is 0 Å². The number of thioether (sulfide) groups is 1. The minimum absolute atomic E-state index is 0.224. The molecule has 0 bridgehead atoms. The van der Waals surface area contributed by atoms with Crippen LogP contribution in [0.1, 0.15) is 37.3 Å². The maximum Gasteiger partial charge on any atom is 0.128 e. The van der Waals surface area contributed by atoms with Gasteiger partial charge in [0.05, 0.1) is 5.02 Å². The van der Waals surface area contributed by atoms with Crippen LogP contribution in [0, 0.1) is 0 Å². The van der Waals surface area contributed by atoms with E-state index >= 15 is 0 Å². The fourth-order valence-corrected chi connectivity index (χ4v) is 4.00. The molecule has 3 nitrogen and oxygen atoms in total. The van der Waals surface area contributed by atoms with E-state index < -0.39 is 0 Å². The van der Waals surface area contributed by atoms with Gasteiger partial charge in [0.2, 0.25) is 0 Å². The Kier molecular flexibility index (Phi) is 5.15. The van der Waals surface area contributed by atoms with E-state index in [0.29, 0.717) is 10.8 Å². The molecule has 1 unspecified atom stereocenters. The first-order valence-corrected chi connectivity index (χ1v) is 7.83. The molecule has 0 aromatic carbocycles. The molecule has 1 fully saturated rings. The molecule has 3 N–H and O–H groups in total. The van der Waals surface area contributed by atoms with Crippen LogP contribution in [0.2, 0.25) is 5.02 Å². The Hall–Kier alpha value is -0.450. The molecule has 2 rings (SSSR count). The average molecular weight is 286 g/mol. The third-order valence-corrected chi connectivity index (χ3v) is 5.12. The molecule has 1 aliphatic carbocycles. The maximum absolute atomic E-state index is 5.99. The van der Waals surface area contributed by atoms with E-state index in [1.165, 1.54) is 25.7 Å². The lowest BCUT2D eigenvalue weighted by Gasteiger charge is -2.19. The molecule has 0 spiro atoms. The minimum atomic E-state index is 0.224. The summed E-state index contributed by atoms with van der Waals surface area (Å²) in [6.07, 6.45) is 7.05. The van der Waals surface area contributed by atoms with Gasteiger partial charge in [-0.3, -0.25) is 0 Å². The standard InChI is InChI=1S/C13H20ClN3S/c1-16-12(8-18-10-4-2-3-5-10)11-6-9(14)7-17-13(11)15/h6-7,10,12,16H,2-5,8H2,1H3,(H2,15,17). The van der Waals surface area contributed by atoms with Crippen molar-refractivity contribution in [1.82, 2.24) is 10.3 Å². The van der Waals surface area contributed by atoms with Crippen LogP contribution in [-0.4, -0.2) is 23.0 Å². The van der Waals surface area contributed by atoms with Gasteiger partial charge in [-0.15, -0.1) is 0 Å². The van der Waals surface area contributed by atoms with Gasteiger partial charge in [0.15, 0.2) is 0 Å². The normalized spacial score (nSPS) is 18.1. The second-order valence-corrected chi connectivity index (χ2v) is 6.48. The van der Waals surface area contributed by atoms with E-state index in [4.69, 9.17) is 17.3 Å². The van der Waals surface area contributed by atoms with Crippen molar-refractivity contribution in [2.45, 2.75) is 37.0 Å². The fourth-order valence-electron chi connectivity index (χ4n) is 2.36. The van der Waals surface area contributed by atoms with Crippen molar-refractivity contribution >= 4 is 29.2 Å². The number of nitrogens with one attached hydrogen (secondary N) is 1. The number of nitrogens with two attached hydrogens (primary N) is 1. The molecule has 18 heavy (non-hydrogen) atoms. The molecule has 0 aliphatic heterocycles. The Labute approximate surface area is 118 Å². The molecule has 0 saturated heterocycles. The summed E-state index contributed by atoms with van der Waals surface area (Å²) in [6, 6.07) is 2.14. The molecule has 1 saturated carbocycles. The van der Waals surface area contributed by atoms with Crippen molar-refractivity contribution in [3.63, 3.8) is 0 Å². The van der Waals surface area contributed by atoms with Gasteiger partial charge in [-0.25, -0.2) is 4.98 Å². The molecule has 100 valence electrons. The molecule has 1 aromatic heterocycles. The average Bonchev–Trinajstić information content (AvgIpc) is 2.87. The number of halogens is 1. The smallest absolute Gasteiger partial charge is 0.128 e. The highest BCUT2D eigenvalue weighted by molar-refractivity contribution is 7.99. The monoisotopic (exact) mass is 285 g/mol. The molecule has 1 atom stereocenters. The maximum atomic E-state index is 5.99. The minimum Gasteiger partial charge on any atom is -0.383 e. The first-order valence-electron chi connectivity index (χ1n) is 6.40. The number of hydrogen-bond acceptors (Lipinski definition) is 4. The number of aromatic nitrogens is 1. The summed E-state index contributed by atoms with van der Waals surface area (Å²) in [7, 11) is 1.96. The van der Waals surface area contributed by atoms with E-state index in [1.54, 1.807) is 6.20 Å². The van der Waals surface area contributed by atoms with Crippen LogP contribution in [0.5, 0.6) is 0 Å². The highest BCUT2D eigenvalue weighted by atomic mass is 35.5. The second kappa shape index (κ2) is 6.64. The zero-order valence-corrected chi connectivity index (χ0v) is 12.2. The van der Waals surface area contributed by atoms with Gasteiger partial charge in [0.1, 0.15) is 5.82 Å². The van der Waals surface area contributed by atoms with Gasteiger partial charge in [-0.05, 0) is 26.0 Å². The molecule has 5 heteroatoms. The van der Waals surface area contributed by atoms with Crippen LogP contribution in [0.25, 0.3) is 0 Å². The number of nitrogen functional groups attached to an aromatic ring is 1. The van der Waals surface area contributed by atoms with Crippen molar-refractivity contribution in [3.8, 4) is 0 Å². The highest BCUT2D eigenvalue weighted by Gasteiger charge is 2.19. The van der Waals surface area contributed by atoms with Crippen molar-refractivity contribution < 1.29 is 0 Å². The summed E-state index contributed by atoms with van der Waals surface area (Å²) in [5, 5.41) is 4.77. The molecule has 0 radical (unpaired) electrons. The lowest BCUT2D eigenvalue weighted by atomic mass is 10.1. The summed E-state index contributed by atoms with van der Waals surface area (Å²) >= 11 is 8.03. The summed E-state index contributed by atoms with van der Waals surface area (Å²) in [4.78, 5) is 4.12. The Balaban J connectivity index is 2.00. The number of pyridine rings is 1. The van der Waals surface area contributed by atoms with Gasteiger partial charge in [-0.2, -0.15) is 11.8 Å². The number of rotatable bonds is 5. The van der Waals surface area contributed by atoms with Crippen LogP contribution in [0.3, 0.4) is 0 Å². The zero-order chi connectivity index (χ0) is 13.0. The quantitative estimate of drug-likeness (QED) is 0.872. The molecule has 1 aromatic rings. The first kappa shape index (κ1) is 14.0. The Morgan fingerprint density at radius 3 is 2.94 bits per heavy atom. The van der Waals surface area contributed by atoms with E-state index in [-0.39, 0.29) is 6.04 Å². The summed E-state index contributed by atoms with van der Waals surface area (Å²) in [5.74, 6) is 1.60. The lowest BCUT2D eigenvalue weighted by Crippen LogP contribution is -2.21. The molecular formula is C13H20ClN3S. The van der Waals surface area contributed by atoms with Crippen LogP contribution < -0.4 is 11.1 Å². The number of anilines is 1. The third-order valence-electron chi connectivity index (χ3n) is 3.44. The molecule has 1 aliphatic rings. The lowest BCUT2D eigenvalue weighted by molar-refractivity contribution is 0.659. The topological polar surface area (TPSA) is 50.9 Å². The van der Waals surface area contributed by atoms with Crippen LogP contribution in [-0.2, 0) is 0 Å². The Morgan fingerprint density at radius 2 is 2.28 bits per heavy atom. The largest absolute Gasteiger partial charge is 0.383 e. The number of nitrogens with zero attached hydrogens (tertiary/aromatic N) is 1. The summed E-state index contributed by atoms with van der Waals surface area (Å²) < 4.78 is 0. The molecular weight excluding hydrogens is 266 g/mol. The highest BCUT2D eigenvalue weighted by Crippen LogP contribution is 2.33. The van der Waals surface area contributed by atoms with Crippen LogP contribution >= 0.6 is 23.4 Å². The van der Waals surface area contributed by atoms with Crippen molar-refractivity contribution in [2.24, 2.45) is 0 Å². The van der Waals surface area contributed by atoms with Gasteiger partial charge >= 0.3 is 0 Å². The zero-order valence-electron chi connectivity index (χ0n) is 10.7. The molecule has 1 heterocycles. The predicted molar refractivity (Wildman–Crippen MR) is 80.2 cm³/mol. The number of hydrogen-bond donors (Lipinski definition) is 2. The van der Waals surface area contributed by atoms with E-state index in [0.717, 1.165) is 16.6 Å². The van der Waals surface area contributed by atoms with Gasteiger partial charge in [0, 0.05) is 28.8 Å². The summed E-state index contributed by atoms with van der Waals surface area (Å²) in [5.41, 5.74) is 6.94. The Morgan fingerprint density at radius 1 is 1.56 bits per heavy atom. The van der Waals surface area contributed by atoms with Crippen molar-refractivity contribution in [3.05, 3.63) is 22.8 Å². The first-order chi connectivity index (χ1) is 8.70. The van der Waals surface area contributed by atoms with Crippen LogP contribution in [0.15, 0.2) is 12.3 Å². The van der Waals surface area contributed by atoms with Crippen LogP contribution in [0.4, 0.5) is 5.82 Å². The van der Waals surface area contributed by atoms with Gasteiger partial charge in [-0.1, -0.05) is 24.4 Å². The van der Waals surface area contributed by atoms with Gasteiger partial charge in [0.25, 0.3) is 0 Å².